The molecule has 0 saturated heterocycles. The first-order chi connectivity index (χ1) is 14.8. The van der Waals surface area contributed by atoms with Crippen molar-refractivity contribution in [3.63, 3.8) is 0 Å². The highest BCUT2D eigenvalue weighted by atomic mass is 19.3. The summed E-state index contributed by atoms with van der Waals surface area (Å²) in [5.74, 6) is -2.95. The summed E-state index contributed by atoms with van der Waals surface area (Å²) < 4.78 is 32.5. The Morgan fingerprint density at radius 2 is 2.10 bits per heavy atom. The van der Waals surface area contributed by atoms with Gasteiger partial charge in [-0.15, -0.1) is 0 Å². The molecule has 1 aliphatic carbocycles. The fourth-order valence-corrected chi connectivity index (χ4v) is 3.49. The van der Waals surface area contributed by atoms with Crippen LogP contribution < -0.4 is 15.0 Å². The standard InChI is InChI=1S/C23H21F2N3O3/c1-23(24,25)20-11-10-15(14-26-20)27-22(30)16-6-5-8-18-21(16)31-13-12-28(18)17-7-3-2-4-9-19(17)29/h2-6,8-11,14,29H,7,12-13H2,1H3,(H,27,30). The Labute approximate surface area is 178 Å². The van der Waals surface area contributed by atoms with Gasteiger partial charge < -0.3 is 20.1 Å². The van der Waals surface area contributed by atoms with Crippen molar-refractivity contribution < 1.29 is 23.4 Å². The lowest BCUT2D eigenvalue weighted by Gasteiger charge is -2.33. The van der Waals surface area contributed by atoms with Gasteiger partial charge in [0.05, 0.1) is 35.4 Å². The van der Waals surface area contributed by atoms with Crippen molar-refractivity contribution in [3.05, 3.63) is 83.5 Å². The third-order valence-electron chi connectivity index (χ3n) is 5.00. The highest BCUT2D eigenvalue weighted by Crippen LogP contribution is 2.38. The number of amides is 1. The number of hydrogen-bond donors (Lipinski definition) is 2. The van der Waals surface area contributed by atoms with E-state index >= 15 is 0 Å². The molecule has 0 saturated carbocycles. The van der Waals surface area contributed by atoms with Crippen molar-refractivity contribution in [3.8, 4) is 5.75 Å². The van der Waals surface area contributed by atoms with Crippen LogP contribution in [-0.2, 0) is 5.92 Å². The molecule has 2 aliphatic rings. The number of benzene rings is 1. The summed E-state index contributed by atoms with van der Waals surface area (Å²) in [7, 11) is 0. The smallest absolute Gasteiger partial charge is 0.286 e. The maximum Gasteiger partial charge on any atom is 0.286 e. The van der Waals surface area contributed by atoms with Crippen LogP contribution in [0.4, 0.5) is 20.2 Å². The Hall–Kier alpha value is -3.68. The zero-order chi connectivity index (χ0) is 22.0. The van der Waals surface area contributed by atoms with E-state index in [-0.39, 0.29) is 11.5 Å². The molecule has 0 atom stereocenters. The van der Waals surface area contributed by atoms with Gasteiger partial charge in [0.2, 0.25) is 0 Å². The Morgan fingerprint density at radius 1 is 1.26 bits per heavy atom. The molecule has 0 spiro atoms. The molecule has 0 radical (unpaired) electrons. The number of halogens is 2. The van der Waals surface area contributed by atoms with E-state index in [1.54, 1.807) is 24.3 Å². The number of aliphatic hydroxyl groups excluding tert-OH is 1. The number of anilines is 2. The van der Waals surface area contributed by atoms with E-state index in [0.717, 1.165) is 6.92 Å². The highest BCUT2D eigenvalue weighted by Gasteiger charge is 2.28. The highest BCUT2D eigenvalue weighted by molar-refractivity contribution is 6.07. The summed E-state index contributed by atoms with van der Waals surface area (Å²) in [6.45, 7) is 1.62. The van der Waals surface area contributed by atoms with Crippen LogP contribution in [0, 0.1) is 0 Å². The largest absolute Gasteiger partial charge is 0.506 e. The molecule has 0 unspecified atom stereocenters. The Balaban J connectivity index is 1.62. The molecule has 8 heteroatoms. The molecule has 0 fully saturated rings. The minimum Gasteiger partial charge on any atom is -0.506 e. The number of carbonyl (C=O) groups is 1. The van der Waals surface area contributed by atoms with Crippen LogP contribution in [0.1, 0.15) is 29.4 Å². The van der Waals surface area contributed by atoms with E-state index < -0.39 is 11.8 Å². The van der Waals surface area contributed by atoms with Gasteiger partial charge in [0, 0.05) is 13.3 Å². The molecular weight excluding hydrogens is 404 g/mol. The normalized spacial score (nSPS) is 15.9. The van der Waals surface area contributed by atoms with E-state index in [1.807, 2.05) is 23.1 Å². The minimum atomic E-state index is -3.05. The molecule has 1 aromatic carbocycles. The van der Waals surface area contributed by atoms with E-state index in [0.29, 0.717) is 48.0 Å². The minimum absolute atomic E-state index is 0.159. The van der Waals surface area contributed by atoms with Gasteiger partial charge in [-0.1, -0.05) is 24.3 Å². The number of hydrogen-bond acceptors (Lipinski definition) is 5. The fourth-order valence-electron chi connectivity index (χ4n) is 3.49. The molecule has 1 aliphatic heterocycles. The number of ether oxygens (including phenoxy) is 1. The van der Waals surface area contributed by atoms with Gasteiger partial charge in [0.1, 0.15) is 18.1 Å². The summed E-state index contributed by atoms with van der Waals surface area (Å²) in [6, 6.07) is 7.74. The predicted molar refractivity (Wildman–Crippen MR) is 114 cm³/mol. The number of aromatic nitrogens is 1. The first kappa shape index (κ1) is 20.6. The topological polar surface area (TPSA) is 74.7 Å². The maximum atomic E-state index is 13.3. The second kappa shape index (κ2) is 8.22. The van der Waals surface area contributed by atoms with Crippen LogP contribution in [0.5, 0.6) is 5.75 Å². The van der Waals surface area contributed by atoms with Crippen LogP contribution in [0.15, 0.2) is 72.3 Å². The average molecular weight is 425 g/mol. The van der Waals surface area contributed by atoms with Crippen molar-refractivity contribution in [2.75, 3.05) is 23.4 Å². The lowest BCUT2D eigenvalue weighted by Crippen LogP contribution is -2.33. The van der Waals surface area contributed by atoms with E-state index in [1.165, 1.54) is 18.3 Å². The first-order valence-corrected chi connectivity index (χ1v) is 9.79. The number of para-hydroxylation sites is 1. The first-order valence-electron chi connectivity index (χ1n) is 9.79. The predicted octanol–water partition coefficient (Wildman–Crippen LogP) is 4.93. The molecule has 1 aromatic heterocycles. The van der Waals surface area contributed by atoms with E-state index in [4.69, 9.17) is 4.74 Å². The van der Waals surface area contributed by atoms with Crippen molar-refractivity contribution >= 4 is 17.3 Å². The molecule has 160 valence electrons. The molecule has 2 aromatic rings. The van der Waals surface area contributed by atoms with Gasteiger partial charge in [-0.05, 0) is 30.3 Å². The van der Waals surface area contributed by atoms with Crippen LogP contribution >= 0.6 is 0 Å². The molecule has 2 N–H and O–H groups in total. The van der Waals surface area contributed by atoms with Crippen LogP contribution in [0.3, 0.4) is 0 Å². The third-order valence-corrected chi connectivity index (χ3v) is 5.00. The van der Waals surface area contributed by atoms with Crippen LogP contribution in [0.2, 0.25) is 0 Å². The van der Waals surface area contributed by atoms with Gasteiger partial charge in [0.15, 0.2) is 5.75 Å². The molecule has 0 bridgehead atoms. The number of rotatable bonds is 4. The monoisotopic (exact) mass is 425 g/mol. The second-order valence-corrected chi connectivity index (χ2v) is 7.25. The van der Waals surface area contributed by atoms with Gasteiger partial charge in [-0.3, -0.25) is 9.78 Å². The number of nitrogens with one attached hydrogen (secondary N) is 1. The lowest BCUT2D eigenvalue weighted by atomic mass is 10.1. The fraction of sp³-hybridized carbons (Fsp3) is 0.217. The summed E-state index contributed by atoms with van der Waals surface area (Å²) in [5, 5.41) is 13.1. The number of pyridine rings is 1. The molecule has 6 nitrogen and oxygen atoms in total. The molecule has 31 heavy (non-hydrogen) atoms. The van der Waals surface area contributed by atoms with Crippen molar-refractivity contribution in [2.24, 2.45) is 0 Å². The van der Waals surface area contributed by atoms with E-state index in [2.05, 4.69) is 10.3 Å². The number of nitrogens with zero attached hydrogens (tertiary/aromatic N) is 2. The SMILES string of the molecule is CC(F)(F)c1ccc(NC(=O)c2cccc3c2OCCN3C2=C(O)C=CC=CC2)cn1. The Kier molecular flexibility index (Phi) is 5.46. The van der Waals surface area contributed by atoms with Crippen molar-refractivity contribution in [2.45, 2.75) is 19.3 Å². The zero-order valence-electron chi connectivity index (χ0n) is 16.8. The molecular formula is C23H21F2N3O3. The van der Waals surface area contributed by atoms with Crippen LogP contribution in [0.25, 0.3) is 0 Å². The summed E-state index contributed by atoms with van der Waals surface area (Å²) in [6.07, 6.45) is 8.93. The molecule has 1 amide bonds. The van der Waals surface area contributed by atoms with Gasteiger partial charge >= 0.3 is 0 Å². The van der Waals surface area contributed by atoms with Gasteiger partial charge in [-0.25, -0.2) is 0 Å². The molecule has 4 rings (SSSR count). The quantitative estimate of drug-likeness (QED) is 0.727. The lowest BCUT2D eigenvalue weighted by molar-refractivity contribution is 0.0128. The maximum absolute atomic E-state index is 13.3. The Bertz CT molecular complexity index is 1090. The number of aliphatic hydroxyl groups is 1. The summed E-state index contributed by atoms with van der Waals surface area (Å²) in [4.78, 5) is 18.6. The van der Waals surface area contributed by atoms with Gasteiger partial charge in [0.25, 0.3) is 11.8 Å². The number of carbonyl (C=O) groups excluding carboxylic acids is 1. The second-order valence-electron chi connectivity index (χ2n) is 7.25. The number of alkyl halides is 2. The Morgan fingerprint density at radius 3 is 2.84 bits per heavy atom. The third kappa shape index (κ3) is 4.28. The van der Waals surface area contributed by atoms with Crippen LogP contribution in [-0.4, -0.2) is 29.1 Å². The molecule has 2 heterocycles. The summed E-state index contributed by atoms with van der Waals surface area (Å²) >= 11 is 0. The zero-order valence-corrected chi connectivity index (χ0v) is 16.8. The van der Waals surface area contributed by atoms with Crippen molar-refractivity contribution in [1.82, 2.24) is 4.98 Å². The van der Waals surface area contributed by atoms with Gasteiger partial charge in [-0.2, -0.15) is 8.78 Å². The number of allylic oxidation sites excluding steroid dienone is 4. The van der Waals surface area contributed by atoms with Crippen molar-refractivity contribution in [1.29, 1.82) is 0 Å². The average Bonchev–Trinajstić information content (AvgIpc) is 2.96. The summed E-state index contributed by atoms with van der Waals surface area (Å²) in [5.41, 5.74) is 1.60. The number of fused-ring (bicyclic) bond motifs is 1. The van der Waals surface area contributed by atoms with E-state index in [9.17, 15) is 18.7 Å².